The van der Waals surface area contributed by atoms with E-state index in [4.69, 9.17) is 4.74 Å². The van der Waals surface area contributed by atoms with Gasteiger partial charge in [-0.15, -0.1) is 11.3 Å². The van der Waals surface area contributed by atoms with Gasteiger partial charge in [-0.05, 0) is 42.8 Å². The number of ether oxygens (including phenoxy) is 1. The summed E-state index contributed by atoms with van der Waals surface area (Å²) < 4.78 is 33.3. The van der Waals surface area contributed by atoms with Crippen molar-refractivity contribution in [3.05, 3.63) is 40.8 Å². The van der Waals surface area contributed by atoms with Gasteiger partial charge in [-0.2, -0.15) is 16.1 Å². The number of thiophene rings is 1. The van der Waals surface area contributed by atoms with Crippen LogP contribution in [0.1, 0.15) is 15.2 Å². The fraction of sp³-hybridized carbons (Fsp3) is 0.450. The number of benzene rings is 1. The molecule has 0 atom stereocenters. The number of rotatable bonds is 4. The zero-order chi connectivity index (χ0) is 20.4. The third-order valence-electron chi connectivity index (χ3n) is 5.08. The molecule has 2 fully saturated rings. The van der Waals surface area contributed by atoms with Gasteiger partial charge in [-0.3, -0.25) is 4.79 Å². The predicted octanol–water partition coefficient (Wildman–Crippen LogP) is 2.93. The number of carbonyl (C=O) groups excluding carboxylic acids is 1. The Morgan fingerprint density at radius 1 is 1.03 bits per heavy atom. The second kappa shape index (κ2) is 8.77. The lowest BCUT2D eigenvalue weighted by atomic mass is 10.1. The van der Waals surface area contributed by atoms with Gasteiger partial charge < -0.3 is 9.64 Å². The summed E-state index contributed by atoms with van der Waals surface area (Å²) in [6.07, 6.45) is 0. The first-order chi connectivity index (χ1) is 13.9. The first-order valence-electron chi connectivity index (χ1n) is 9.62. The summed E-state index contributed by atoms with van der Waals surface area (Å²) in [5.41, 5.74) is 1.21. The predicted molar refractivity (Wildman–Crippen MR) is 117 cm³/mol. The van der Waals surface area contributed by atoms with Crippen molar-refractivity contribution in [2.24, 2.45) is 0 Å². The Labute approximate surface area is 179 Å². The molecule has 6 nitrogen and oxygen atoms in total. The van der Waals surface area contributed by atoms with Crippen LogP contribution < -0.4 is 0 Å². The number of hydrogen-bond acceptors (Lipinski definition) is 6. The number of morpholine rings is 1. The summed E-state index contributed by atoms with van der Waals surface area (Å²) in [7, 11) is -3.69. The lowest BCUT2D eigenvalue weighted by molar-refractivity contribution is 0.0730. The molecule has 0 radical (unpaired) electrons. The second-order valence-corrected chi connectivity index (χ2v) is 11.5. The van der Waals surface area contributed by atoms with E-state index in [2.05, 4.69) is 0 Å². The van der Waals surface area contributed by atoms with Gasteiger partial charge in [0.1, 0.15) is 0 Å². The monoisotopic (exact) mass is 452 g/mol. The van der Waals surface area contributed by atoms with Crippen LogP contribution >= 0.6 is 23.1 Å². The van der Waals surface area contributed by atoms with Crippen molar-refractivity contribution in [3.63, 3.8) is 0 Å². The van der Waals surface area contributed by atoms with Crippen LogP contribution in [0, 0.1) is 6.92 Å². The Hall–Kier alpha value is -1.39. The number of nitrogens with zero attached hydrogens (tertiary/aromatic N) is 2. The SMILES string of the molecule is Cc1ccc(-c2cc(C(=O)N3CCSCC3)cc(S(=O)(=O)N3CCOCC3)c2)s1. The van der Waals surface area contributed by atoms with Crippen LogP contribution in [0.4, 0.5) is 0 Å². The maximum atomic E-state index is 13.3. The number of hydrogen-bond donors (Lipinski definition) is 0. The molecule has 1 aromatic carbocycles. The minimum Gasteiger partial charge on any atom is -0.379 e. The Kier molecular flexibility index (Phi) is 6.31. The number of carbonyl (C=O) groups is 1. The largest absolute Gasteiger partial charge is 0.379 e. The van der Waals surface area contributed by atoms with Crippen molar-refractivity contribution in [1.29, 1.82) is 0 Å². The Morgan fingerprint density at radius 2 is 1.76 bits per heavy atom. The molecule has 2 aliphatic rings. The lowest BCUT2D eigenvalue weighted by Crippen LogP contribution is -2.41. The quantitative estimate of drug-likeness (QED) is 0.714. The first kappa shape index (κ1) is 20.9. The van der Waals surface area contributed by atoms with Crippen LogP contribution in [0.25, 0.3) is 10.4 Å². The van der Waals surface area contributed by atoms with Gasteiger partial charge in [0, 0.05) is 53.0 Å². The zero-order valence-electron chi connectivity index (χ0n) is 16.3. The van der Waals surface area contributed by atoms with E-state index in [1.807, 2.05) is 41.8 Å². The van der Waals surface area contributed by atoms with Gasteiger partial charge in [0.15, 0.2) is 0 Å². The molecular weight excluding hydrogens is 428 g/mol. The van der Waals surface area contributed by atoms with Crippen LogP contribution in [0.3, 0.4) is 0 Å². The maximum Gasteiger partial charge on any atom is 0.253 e. The van der Waals surface area contributed by atoms with Gasteiger partial charge in [-0.25, -0.2) is 8.42 Å². The van der Waals surface area contributed by atoms with E-state index in [-0.39, 0.29) is 10.8 Å². The highest BCUT2D eigenvalue weighted by atomic mass is 32.2. The molecular formula is C20H24N2O4S3. The number of sulfonamides is 1. The lowest BCUT2D eigenvalue weighted by Gasteiger charge is -2.28. The van der Waals surface area contributed by atoms with E-state index in [1.54, 1.807) is 23.5 Å². The summed E-state index contributed by atoms with van der Waals surface area (Å²) in [4.78, 5) is 17.2. The molecule has 0 saturated carbocycles. The molecule has 1 amide bonds. The molecule has 9 heteroatoms. The van der Waals surface area contributed by atoms with Gasteiger partial charge in [0.2, 0.25) is 10.0 Å². The van der Waals surface area contributed by atoms with E-state index < -0.39 is 10.0 Å². The number of aryl methyl sites for hydroxylation is 1. The summed E-state index contributed by atoms with van der Waals surface area (Å²) in [5.74, 6) is 1.72. The second-order valence-electron chi connectivity index (χ2n) is 7.08. The van der Waals surface area contributed by atoms with Crippen molar-refractivity contribution in [3.8, 4) is 10.4 Å². The zero-order valence-corrected chi connectivity index (χ0v) is 18.7. The van der Waals surface area contributed by atoms with Crippen LogP contribution in [-0.2, 0) is 14.8 Å². The van der Waals surface area contributed by atoms with Crippen molar-refractivity contribution in [2.45, 2.75) is 11.8 Å². The minimum atomic E-state index is -3.69. The van der Waals surface area contributed by atoms with Gasteiger partial charge in [0.25, 0.3) is 5.91 Å². The van der Waals surface area contributed by atoms with Crippen molar-refractivity contribution in [2.75, 3.05) is 50.9 Å². The molecule has 0 aliphatic carbocycles. The van der Waals surface area contributed by atoms with Gasteiger partial charge in [0.05, 0.1) is 18.1 Å². The highest BCUT2D eigenvalue weighted by Crippen LogP contribution is 2.32. The normalized spacial score (nSPS) is 18.7. The number of amides is 1. The Balaban J connectivity index is 1.76. The molecule has 0 bridgehead atoms. The fourth-order valence-electron chi connectivity index (χ4n) is 3.49. The summed E-state index contributed by atoms with van der Waals surface area (Å²) in [6, 6.07) is 9.05. The van der Waals surface area contributed by atoms with Crippen LogP contribution in [0.5, 0.6) is 0 Å². The summed E-state index contributed by atoms with van der Waals surface area (Å²) in [6.45, 7) is 4.84. The molecule has 0 N–H and O–H groups in total. The molecule has 2 aliphatic heterocycles. The van der Waals surface area contributed by atoms with Gasteiger partial charge >= 0.3 is 0 Å². The molecule has 2 saturated heterocycles. The molecule has 3 heterocycles. The van der Waals surface area contributed by atoms with E-state index in [0.29, 0.717) is 45.0 Å². The highest BCUT2D eigenvalue weighted by Gasteiger charge is 2.29. The average Bonchev–Trinajstić information content (AvgIpc) is 3.20. The molecule has 4 rings (SSSR count). The standard InChI is InChI=1S/C20H24N2O4S3/c1-15-2-3-19(28-15)16-12-17(20(23)21-6-10-27-11-7-21)14-18(13-16)29(24,25)22-4-8-26-9-5-22/h2-3,12-14H,4-11H2,1H3. The molecule has 29 heavy (non-hydrogen) atoms. The molecule has 0 spiro atoms. The third-order valence-corrected chi connectivity index (χ3v) is 8.95. The molecule has 1 aromatic heterocycles. The van der Waals surface area contributed by atoms with Gasteiger partial charge in [-0.1, -0.05) is 0 Å². The van der Waals surface area contributed by atoms with Crippen molar-refractivity contribution < 1.29 is 17.9 Å². The minimum absolute atomic E-state index is 0.0983. The first-order valence-corrected chi connectivity index (χ1v) is 13.0. The van der Waals surface area contributed by atoms with Crippen LogP contribution in [0.15, 0.2) is 35.2 Å². The highest BCUT2D eigenvalue weighted by molar-refractivity contribution is 7.99. The molecule has 156 valence electrons. The van der Waals surface area contributed by atoms with E-state index in [0.717, 1.165) is 26.8 Å². The topological polar surface area (TPSA) is 66.9 Å². The maximum absolute atomic E-state index is 13.3. The van der Waals surface area contributed by atoms with Crippen LogP contribution in [0.2, 0.25) is 0 Å². The summed E-state index contributed by atoms with van der Waals surface area (Å²) >= 11 is 3.43. The molecule has 0 unspecified atom stereocenters. The molecule has 2 aromatic rings. The van der Waals surface area contributed by atoms with Crippen molar-refractivity contribution in [1.82, 2.24) is 9.21 Å². The smallest absolute Gasteiger partial charge is 0.253 e. The van der Waals surface area contributed by atoms with E-state index >= 15 is 0 Å². The summed E-state index contributed by atoms with van der Waals surface area (Å²) in [5, 5.41) is 0. The third kappa shape index (κ3) is 4.54. The van der Waals surface area contributed by atoms with E-state index in [1.165, 1.54) is 4.31 Å². The Morgan fingerprint density at radius 3 is 2.41 bits per heavy atom. The fourth-order valence-corrected chi connectivity index (χ4v) is 6.73. The van der Waals surface area contributed by atoms with Crippen LogP contribution in [-0.4, -0.2) is 74.4 Å². The Bertz CT molecular complexity index is 991. The van der Waals surface area contributed by atoms with E-state index in [9.17, 15) is 13.2 Å². The average molecular weight is 453 g/mol. The van der Waals surface area contributed by atoms with Crippen molar-refractivity contribution >= 4 is 39.0 Å². The number of thioether (sulfide) groups is 1.